The Morgan fingerprint density at radius 1 is 1.07 bits per heavy atom. The summed E-state index contributed by atoms with van der Waals surface area (Å²) in [5.74, 6) is -0.485. The van der Waals surface area contributed by atoms with E-state index in [0.29, 0.717) is 19.5 Å². The third-order valence-corrected chi connectivity index (χ3v) is 4.79. The second-order valence-corrected chi connectivity index (χ2v) is 7.13. The highest BCUT2D eigenvalue weighted by molar-refractivity contribution is 7.03. The Labute approximate surface area is 168 Å². The van der Waals surface area contributed by atoms with E-state index in [9.17, 15) is 9.59 Å². The molecule has 0 aliphatic heterocycles. The van der Waals surface area contributed by atoms with Crippen molar-refractivity contribution in [2.75, 3.05) is 13.1 Å². The lowest BCUT2D eigenvalue weighted by Crippen LogP contribution is -2.41. The van der Waals surface area contributed by atoms with Gasteiger partial charge in [-0.1, -0.05) is 64.6 Å². The first-order valence-corrected chi connectivity index (χ1v) is 9.88. The van der Waals surface area contributed by atoms with E-state index in [1.165, 1.54) is 10.5 Å². The van der Waals surface area contributed by atoms with Crippen molar-refractivity contribution in [1.82, 2.24) is 19.8 Å². The summed E-state index contributed by atoms with van der Waals surface area (Å²) < 4.78 is 3.75. The fourth-order valence-corrected chi connectivity index (χ4v) is 3.26. The molecule has 2 amide bonds. The zero-order valence-electron chi connectivity index (χ0n) is 15.7. The summed E-state index contributed by atoms with van der Waals surface area (Å²) in [6.07, 6.45) is 0.664. The molecule has 0 bridgehead atoms. The number of nitrogens with one attached hydrogen (secondary N) is 1. The third kappa shape index (κ3) is 5.72. The molecule has 0 fully saturated rings. The molecule has 3 rings (SSSR count). The Morgan fingerprint density at radius 3 is 2.57 bits per heavy atom. The lowest BCUT2D eigenvalue weighted by atomic mass is 10.1. The number of carbonyl (C=O) groups is 2. The number of rotatable bonds is 8. The molecule has 0 spiro atoms. The molecule has 1 N–H and O–H groups in total. The summed E-state index contributed by atoms with van der Waals surface area (Å²) in [6, 6.07) is 17.8. The van der Waals surface area contributed by atoms with Crippen LogP contribution in [0.25, 0.3) is 0 Å². The first kappa shape index (κ1) is 19.7. The van der Waals surface area contributed by atoms with Crippen molar-refractivity contribution < 1.29 is 9.59 Å². The Bertz CT molecular complexity index is 913. The van der Waals surface area contributed by atoms with Gasteiger partial charge in [-0.05, 0) is 36.0 Å². The predicted octanol–water partition coefficient (Wildman–Crippen LogP) is 2.85. The summed E-state index contributed by atoms with van der Waals surface area (Å²) in [6.45, 7) is 2.87. The van der Waals surface area contributed by atoms with Crippen LogP contribution in [0.1, 0.15) is 27.2 Å². The van der Waals surface area contributed by atoms with E-state index in [2.05, 4.69) is 21.0 Å². The van der Waals surface area contributed by atoms with E-state index < -0.39 is 0 Å². The number of amides is 2. The molecule has 0 saturated heterocycles. The molecule has 2 aromatic carbocycles. The average molecular weight is 395 g/mol. The van der Waals surface area contributed by atoms with Gasteiger partial charge in [-0.3, -0.25) is 9.59 Å². The minimum atomic E-state index is -0.281. The summed E-state index contributed by atoms with van der Waals surface area (Å²) in [5.41, 5.74) is 3.57. The summed E-state index contributed by atoms with van der Waals surface area (Å²) >= 11 is 1.12. The predicted molar refractivity (Wildman–Crippen MR) is 109 cm³/mol. The second-order valence-electron chi connectivity index (χ2n) is 6.52. The van der Waals surface area contributed by atoms with E-state index in [0.717, 1.165) is 22.7 Å². The largest absolute Gasteiger partial charge is 0.350 e. The number of aromatic nitrogens is 2. The van der Waals surface area contributed by atoms with Crippen LogP contribution in [-0.4, -0.2) is 39.4 Å². The summed E-state index contributed by atoms with van der Waals surface area (Å²) in [5, 5.41) is 8.32. The van der Waals surface area contributed by atoms with Crippen molar-refractivity contribution >= 4 is 23.3 Å². The van der Waals surface area contributed by atoms with Crippen molar-refractivity contribution in [3.63, 3.8) is 0 Å². The van der Waals surface area contributed by atoms with Gasteiger partial charge in [0, 0.05) is 18.5 Å². The highest BCUT2D eigenvalue weighted by Gasteiger charge is 2.21. The van der Waals surface area contributed by atoms with Crippen LogP contribution in [0.2, 0.25) is 0 Å². The SMILES string of the molecule is Cc1cccc(CCN(CC(=O)NCc2ccccc2)C(=O)c2csnn2)c1. The maximum Gasteiger partial charge on any atom is 0.275 e. The van der Waals surface area contributed by atoms with E-state index in [4.69, 9.17) is 0 Å². The topological polar surface area (TPSA) is 75.2 Å². The molecule has 144 valence electrons. The lowest BCUT2D eigenvalue weighted by molar-refractivity contribution is -0.122. The summed E-state index contributed by atoms with van der Waals surface area (Å²) in [7, 11) is 0. The second kappa shape index (κ2) is 9.75. The molecule has 0 saturated carbocycles. The first-order valence-electron chi connectivity index (χ1n) is 9.04. The standard InChI is InChI=1S/C21H22N4O2S/c1-16-6-5-9-17(12-16)10-11-25(21(27)19-15-28-24-23-19)14-20(26)22-13-18-7-3-2-4-8-18/h2-9,12,15H,10-11,13-14H2,1H3,(H,22,26). The highest BCUT2D eigenvalue weighted by Crippen LogP contribution is 2.09. The minimum absolute atomic E-state index is 0.0188. The fraction of sp³-hybridized carbons (Fsp3) is 0.238. The Morgan fingerprint density at radius 2 is 1.86 bits per heavy atom. The van der Waals surface area contributed by atoms with Crippen LogP contribution < -0.4 is 5.32 Å². The van der Waals surface area contributed by atoms with Crippen molar-refractivity contribution in [3.05, 3.63) is 82.4 Å². The van der Waals surface area contributed by atoms with Crippen LogP contribution in [0.3, 0.4) is 0 Å². The molecule has 0 atom stereocenters. The van der Waals surface area contributed by atoms with Gasteiger partial charge < -0.3 is 10.2 Å². The fourth-order valence-electron chi connectivity index (χ4n) is 2.83. The molecule has 0 aliphatic carbocycles. The minimum Gasteiger partial charge on any atom is -0.350 e. The molecule has 7 heteroatoms. The van der Waals surface area contributed by atoms with Crippen LogP contribution in [0.5, 0.6) is 0 Å². The Hall–Kier alpha value is -3.06. The molecule has 1 aromatic heterocycles. The molecular weight excluding hydrogens is 372 g/mol. The number of carbonyl (C=O) groups excluding carboxylic acids is 2. The molecule has 3 aromatic rings. The van der Waals surface area contributed by atoms with Crippen LogP contribution in [0, 0.1) is 6.92 Å². The summed E-state index contributed by atoms with van der Waals surface area (Å²) in [4.78, 5) is 26.7. The molecule has 28 heavy (non-hydrogen) atoms. The van der Waals surface area contributed by atoms with Gasteiger partial charge >= 0.3 is 0 Å². The number of nitrogens with zero attached hydrogens (tertiary/aromatic N) is 3. The number of hydrogen-bond acceptors (Lipinski definition) is 5. The van der Waals surface area contributed by atoms with Crippen LogP contribution in [0.4, 0.5) is 0 Å². The van der Waals surface area contributed by atoms with Crippen molar-refractivity contribution in [3.8, 4) is 0 Å². The van der Waals surface area contributed by atoms with Gasteiger partial charge in [-0.25, -0.2) is 0 Å². The number of aryl methyl sites for hydroxylation is 1. The lowest BCUT2D eigenvalue weighted by Gasteiger charge is -2.21. The van der Waals surface area contributed by atoms with Crippen molar-refractivity contribution in [2.24, 2.45) is 0 Å². The Kier molecular flexibility index (Phi) is 6.86. The molecule has 1 heterocycles. The smallest absolute Gasteiger partial charge is 0.275 e. The molecule has 0 radical (unpaired) electrons. The van der Waals surface area contributed by atoms with Gasteiger partial charge in [-0.15, -0.1) is 5.10 Å². The Balaban J connectivity index is 1.63. The van der Waals surface area contributed by atoms with Crippen molar-refractivity contribution in [1.29, 1.82) is 0 Å². The first-order chi connectivity index (χ1) is 13.6. The maximum absolute atomic E-state index is 12.8. The van der Waals surface area contributed by atoms with Crippen LogP contribution >= 0.6 is 11.5 Å². The number of hydrogen-bond donors (Lipinski definition) is 1. The number of benzene rings is 2. The van der Waals surface area contributed by atoms with Gasteiger partial charge in [0.15, 0.2) is 5.69 Å². The van der Waals surface area contributed by atoms with E-state index in [1.807, 2.05) is 55.5 Å². The highest BCUT2D eigenvalue weighted by atomic mass is 32.1. The van der Waals surface area contributed by atoms with E-state index in [1.54, 1.807) is 5.38 Å². The molecule has 6 nitrogen and oxygen atoms in total. The van der Waals surface area contributed by atoms with Gasteiger partial charge in [-0.2, -0.15) is 0 Å². The zero-order chi connectivity index (χ0) is 19.8. The van der Waals surface area contributed by atoms with Crippen LogP contribution in [-0.2, 0) is 17.8 Å². The van der Waals surface area contributed by atoms with Gasteiger partial charge in [0.1, 0.15) is 0 Å². The third-order valence-electron chi connectivity index (χ3n) is 4.29. The van der Waals surface area contributed by atoms with Gasteiger partial charge in [0.25, 0.3) is 5.91 Å². The molecular formula is C21H22N4O2S. The normalized spacial score (nSPS) is 10.5. The van der Waals surface area contributed by atoms with Crippen LogP contribution in [0.15, 0.2) is 60.0 Å². The van der Waals surface area contributed by atoms with Gasteiger partial charge in [0.05, 0.1) is 6.54 Å². The molecule has 0 aliphatic rings. The van der Waals surface area contributed by atoms with E-state index in [-0.39, 0.29) is 24.1 Å². The van der Waals surface area contributed by atoms with Gasteiger partial charge in [0.2, 0.25) is 5.91 Å². The maximum atomic E-state index is 12.8. The monoisotopic (exact) mass is 394 g/mol. The van der Waals surface area contributed by atoms with E-state index >= 15 is 0 Å². The molecule has 0 unspecified atom stereocenters. The zero-order valence-corrected chi connectivity index (χ0v) is 16.5. The van der Waals surface area contributed by atoms with Crippen molar-refractivity contribution in [2.45, 2.75) is 19.9 Å². The average Bonchev–Trinajstić information content (AvgIpc) is 3.25. The quantitative estimate of drug-likeness (QED) is 0.637.